The lowest BCUT2D eigenvalue weighted by molar-refractivity contribution is -0.118. The molecule has 0 aromatic heterocycles. The van der Waals surface area contributed by atoms with Crippen molar-refractivity contribution in [2.75, 3.05) is 31.5 Å². The Morgan fingerprint density at radius 1 is 0.767 bits per heavy atom. The first kappa shape index (κ1) is 20.7. The van der Waals surface area contributed by atoms with Crippen LogP contribution in [0.4, 0.5) is 11.4 Å². The molecule has 154 valence electrons. The number of nitrogens with one attached hydrogen (secondary N) is 2. The third-order valence-corrected chi connectivity index (χ3v) is 4.17. The Morgan fingerprint density at radius 3 is 2.23 bits per heavy atom. The molecule has 0 aliphatic carbocycles. The zero-order valence-electron chi connectivity index (χ0n) is 16.7. The number of carbonyl (C=O) groups is 2. The summed E-state index contributed by atoms with van der Waals surface area (Å²) < 4.78 is 15.9. The fourth-order valence-corrected chi connectivity index (χ4v) is 2.71. The van der Waals surface area contributed by atoms with Crippen LogP contribution < -0.4 is 24.8 Å². The van der Waals surface area contributed by atoms with Crippen LogP contribution in [0.1, 0.15) is 10.4 Å². The van der Waals surface area contributed by atoms with Gasteiger partial charge in [-0.15, -0.1) is 0 Å². The molecule has 7 heteroatoms. The SMILES string of the molecule is COc1ccc(C(=O)Nc2cccc(OCC(=O)Nc3ccccc3)c2)cc1OC. The number of hydrogen-bond acceptors (Lipinski definition) is 5. The Bertz CT molecular complexity index is 1020. The first-order valence-corrected chi connectivity index (χ1v) is 9.20. The smallest absolute Gasteiger partial charge is 0.262 e. The highest BCUT2D eigenvalue weighted by Gasteiger charge is 2.12. The predicted octanol–water partition coefficient (Wildman–Crippen LogP) is 3.97. The molecular weight excluding hydrogens is 384 g/mol. The highest BCUT2D eigenvalue weighted by Crippen LogP contribution is 2.28. The van der Waals surface area contributed by atoms with Gasteiger partial charge in [-0.25, -0.2) is 0 Å². The number of rotatable bonds is 8. The summed E-state index contributed by atoms with van der Waals surface area (Å²) in [6, 6.07) is 20.9. The number of anilines is 2. The number of benzene rings is 3. The zero-order valence-corrected chi connectivity index (χ0v) is 16.7. The first-order valence-electron chi connectivity index (χ1n) is 9.20. The number of para-hydroxylation sites is 1. The maximum absolute atomic E-state index is 12.6. The third kappa shape index (κ3) is 5.51. The van der Waals surface area contributed by atoms with Crippen LogP contribution in [0.5, 0.6) is 17.2 Å². The zero-order chi connectivity index (χ0) is 21.3. The second-order valence-corrected chi connectivity index (χ2v) is 6.25. The summed E-state index contributed by atoms with van der Waals surface area (Å²) in [7, 11) is 3.04. The van der Waals surface area contributed by atoms with Crippen LogP contribution in [-0.4, -0.2) is 32.6 Å². The Balaban J connectivity index is 1.60. The number of hydrogen-bond donors (Lipinski definition) is 2. The summed E-state index contributed by atoms with van der Waals surface area (Å²) in [5.41, 5.74) is 1.65. The molecule has 0 spiro atoms. The Hall–Kier alpha value is -4.00. The highest BCUT2D eigenvalue weighted by molar-refractivity contribution is 6.04. The number of carbonyl (C=O) groups excluding carboxylic acids is 2. The van der Waals surface area contributed by atoms with Gasteiger partial charge in [0.1, 0.15) is 5.75 Å². The van der Waals surface area contributed by atoms with Crippen molar-refractivity contribution in [3.8, 4) is 17.2 Å². The van der Waals surface area contributed by atoms with Crippen LogP contribution >= 0.6 is 0 Å². The molecule has 0 aliphatic rings. The molecule has 0 unspecified atom stereocenters. The van der Waals surface area contributed by atoms with Gasteiger partial charge >= 0.3 is 0 Å². The van der Waals surface area contributed by atoms with Crippen LogP contribution in [0.25, 0.3) is 0 Å². The molecule has 2 N–H and O–H groups in total. The van der Waals surface area contributed by atoms with E-state index in [1.165, 1.54) is 14.2 Å². The van der Waals surface area contributed by atoms with E-state index in [0.717, 1.165) is 0 Å². The predicted molar refractivity (Wildman–Crippen MR) is 115 cm³/mol. The summed E-state index contributed by atoms with van der Waals surface area (Å²) >= 11 is 0. The Kier molecular flexibility index (Phi) is 6.89. The van der Waals surface area contributed by atoms with E-state index in [1.54, 1.807) is 54.6 Å². The molecule has 0 aliphatic heterocycles. The largest absolute Gasteiger partial charge is 0.493 e. The van der Waals surface area contributed by atoms with Gasteiger partial charge in [-0.1, -0.05) is 24.3 Å². The lowest BCUT2D eigenvalue weighted by Crippen LogP contribution is -2.20. The van der Waals surface area contributed by atoms with E-state index in [1.807, 2.05) is 18.2 Å². The summed E-state index contributed by atoms with van der Waals surface area (Å²) in [6.45, 7) is -0.151. The van der Waals surface area contributed by atoms with Gasteiger partial charge in [-0.3, -0.25) is 9.59 Å². The maximum Gasteiger partial charge on any atom is 0.262 e. The van der Waals surface area contributed by atoms with Gasteiger partial charge in [0.15, 0.2) is 18.1 Å². The van der Waals surface area contributed by atoms with E-state index in [0.29, 0.717) is 34.2 Å². The van der Waals surface area contributed by atoms with E-state index in [4.69, 9.17) is 14.2 Å². The standard InChI is InChI=1S/C23H22N2O5/c1-28-20-12-11-16(13-21(20)29-2)23(27)25-18-9-6-10-19(14-18)30-15-22(26)24-17-7-4-3-5-8-17/h3-14H,15H2,1-2H3,(H,24,26)(H,25,27). The van der Waals surface area contributed by atoms with Gasteiger partial charge in [0, 0.05) is 23.0 Å². The fourth-order valence-electron chi connectivity index (χ4n) is 2.71. The summed E-state index contributed by atoms with van der Waals surface area (Å²) in [6.07, 6.45) is 0. The van der Waals surface area contributed by atoms with Gasteiger partial charge < -0.3 is 24.8 Å². The topological polar surface area (TPSA) is 85.9 Å². The molecule has 2 amide bonds. The molecule has 0 atom stereocenters. The fraction of sp³-hybridized carbons (Fsp3) is 0.130. The summed E-state index contributed by atoms with van der Waals surface area (Å²) in [4.78, 5) is 24.6. The Morgan fingerprint density at radius 2 is 1.50 bits per heavy atom. The highest BCUT2D eigenvalue weighted by atomic mass is 16.5. The van der Waals surface area contributed by atoms with Crippen LogP contribution in [0.15, 0.2) is 72.8 Å². The van der Waals surface area contributed by atoms with E-state index < -0.39 is 0 Å². The molecule has 30 heavy (non-hydrogen) atoms. The van der Waals surface area contributed by atoms with Crippen molar-refractivity contribution in [1.82, 2.24) is 0 Å². The lowest BCUT2D eigenvalue weighted by atomic mass is 10.2. The minimum atomic E-state index is -0.310. The van der Waals surface area contributed by atoms with Gasteiger partial charge in [0.25, 0.3) is 11.8 Å². The van der Waals surface area contributed by atoms with Gasteiger partial charge in [0.05, 0.1) is 14.2 Å². The van der Waals surface area contributed by atoms with Crippen LogP contribution in [0.2, 0.25) is 0 Å². The minimum Gasteiger partial charge on any atom is -0.493 e. The third-order valence-electron chi connectivity index (χ3n) is 4.17. The second-order valence-electron chi connectivity index (χ2n) is 6.25. The number of ether oxygens (including phenoxy) is 3. The molecule has 3 aromatic carbocycles. The van der Waals surface area contributed by atoms with Crippen molar-refractivity contribution in [2.45, 2.75) is 0 Å². The lowest BCUT2D eigenvalue weighted by Gasteiger charge is -2.11. The summed E-state index contributed by atoms with van der Waals surface area (Å²) in [5, 5.41) is 5.54. The second kappa shape index (κ2) is 9.97. The van der Waals surface area contributed by atoms with E-state index in [-0.39, 0.29) is 18.4 Å². The average molecular weight is 406 g/mol. The van der Waals surface area contributed by atoms with Crippen LogP contribution in [0.3, 0.4) is 0 Å². The molecule has 7 nitrogen and oxygen atoms in total. The minimum absolute atomic E-state index is 0.151. The van der Waals surface area contributed by atoms with Crippen LogP contribution in [-0.2, 0) is 4.79 Å². The maximum atomic E-state index is 12.6. The molecule has 0 radical (unpaired) electrons. The Labute approximate surface area is 174 Å². The molecule has 0 fully saturated rings. The number of methoxy groups -OCH3 is 2. The van der Waals surface area contributed by atoms with E-state index in [2.05, 4.69) is 10.6 Å². The van der Waals surface area contributed by atoms with E-state index >= 15 is 0 Å². The van der Waals surface area contributed by atoms with Crippen molar-refractivity contribution in [1.29, 1.82) is 0 Å². The van der Waals surface area contributed by atoms with Crippen molar-refractivity contribution in [3.05, 3.63) is 78.4 Å². The molecular formula is C23H22N2O5. The first-order chi connectivity index (χ1) is 14.6. The normalized spacial score (nSPS) is 10.1. The van der Waals surface area contributed by atoms with Crippen molar-refractivity contribution in [2.24, 2.45) is 0 Å². The molecule has 3 aromatic rings. The monoisotopic (exact) mass is 406 g/mol. The quantitative estimate of drug-likeness (QED) is 0.591. The van der Waals surface area contributed by atoms with Gasteiger partial charge in [0.2, 0.25) is 0 Å². The van der Waals surface area contributed by atoms with Crippen molar-refractivity contribution in [3.63, 3.8) is 0 Å². The van der Waals surface area contributed by atoms with Crippen molar-refractivity contribution >= 4 is 23.2 Å². The number of amides is 2. The molecule has 0 heterocycles. The van der Waals surface area contributed by atoms with E-state index in [9.17, 15) is 9.59 Å². The molecule has 0 saturated heterocycles. The van der Waals surface area contributed by atoms with Gasteiger partial charge in [-0.2, -0.15) is 0 Å². The van der Waals surface area contributed by atoms with Crippen LogP contribution in [0, 0.1) is 0 Å². The summed E-state index contributed by atoms with van der Waals surface area (Å²) in [5.74, 6) is 0.879. The average Bonchev–Trinajstić information content (AvgIpc) is 2.78. The van der Waals surface area contributed by atoms with Crippen molar-refractivity contribution < 1.29 is 23.8 Å². The molecule has 0 saturated carbocycles. The molecule has 0 bridgehead atoms. The van der Waals surface area contributed by atoms with Gasteiger partial charge in [-0.05, 0) is 42.5 Å². The molecule has 3 rings (SSSR count).